The lowest BCUT2D eigenvalue weighted by atomic mass is 9.85. The molecule has 0 aromatic rings. The molecule has 18 heavy (non-hydrogen) atoms. The quantitative estimate of drug-likeness (QED) is 0.710. The topological polar surface area (TPSA) is 49.4 Å². The van der Waals surface area contributed by atoms with E-state index in [-0.39, 0.29) is 17.2 Å². The third-order valence-electron chi connectivity index (χ3n) is 3.27. The molecule has 0 aliphatic carbocycles. The lowest BCUT2D eigenvalue weighted by Crippen LogP contribution is -2.56. The zero-order chi connectivity index (χ0) is 14.1. The Morgan fingerprint density at radius 2 is 1.83 bits per heavy atom. The molecule has 100 valence electrons. The molecule has 1 saturated heterocycles. The molecule has 1 heterocycles. The van der Waals surface area contributed by atoms with Gasteiger partial charge < -0.3 is 10.2 Å². The Morgan fingerprint density at radius 1 is 1.28 bits per heavy atom. The normalized spacial score (nSPS) is 22.2. The van der Waals surface area contributed by atoms with Gasteiger partial charge in [0, 0.05) is 13.0 Å². The zero-order valence-electron chi connectivity index (χ0n) is 11.8. The van der Waals surface area contributed by atoms with E-state index in [1.807, 2.05) is 34.6 Å². The molecule has 0 bridgehead atoms. The van der Waals surface area contributed by atoms with Gasteiger partial charge in [0.2, 0.25) is 11.8 Å². The molecule has 4 heteroatoms. The maximum atomic E-state index is 12.6. The maximum absolute atomic E-state index is 12.6. The van der Waals surface area contributed by atoms with Crippen LogP contribution in [-0.2, 0) is 9.59 Å². The van der Waals surface area contributed by atoms with Gasteiger partial charge in [-0.3, -0.25) is 9.59 Å². The van der Waals surface area contributed by atoms with Crippen LogP contribution >= 0.6 is 0 Å². The summed E-state index contributed by atoms with van der Waals surface area (Å²) in [6.07, 6.45) is 5.79. The second-order valence-electron chi connectivity index (χ2n) is 6.31. The van der Waals surface area contributed by atoms with Crippen molar-refractivity contribution in [3.05, 3.63) is 0 Å². The lowest BCUT2D eigenvalue weighted by molar-refractivity contribution is -0.139. The SMILES string of the molecule is C#CC(C)(C)N1CCC(=O)NC(C(C)(C)C)C1=O. The zero-order valence-corrected chi connectivity index (χ0v) is 11.8. The highest BCUT2D eigenvalue weighted by Crippen LogP contribution is 2.26. The first-order valence-electron chi connectivity index (χ1n) is 6.18. The molecule has 1 atom stereocenters. The summed E-state index contributed by atoms with van der Waals surface area (Å²) in [7, 11) is 0. The smallest absolute Gasteiger partial charge is 0.246 e. The molecule has 1 unspecified atom stereocenters. The van der Waals surface area contributed by atoms with Crippen molar-refractivity contribution in [3.8, 4) is 12.3 Å². The highest BCUT2D eigenvalue weighted by molar-refractivity contribution is 5.91. The van der Waals surface area contributed by atoms with Gasteiger partial charge in [-0.1, -0.05) is 26.7 Å². The number of nitrogens with zero attached hydrogens (tertiary/aromatic N) is 1. The molecule has 1 N–H and O–H groups in total. The summed E-state index contributed by atoms with van der Waals surface area (Å²) in [5.41, 5.74) is -1.01. The molecule has 0 aromatic carbocycles. The molecular formula is C14H22N2O2. The van der Waals surface area contributed by atoms with Crippen molar-refractivity contribution in [1.82, 2.24) is 10.2 Å². The first-order chi connectivity index (χ1) is 8.09. The van der Waals surface area contributed by atoms with Crippen LogP contribution in [0, 0.1) is 17.8 Å². The minimum atomic E-state index is -0.674. The van der Waals surface area contributed by atoms with E-state index in [1.54, 1.807) is 4.90 Å². The van der Waals surface area contributed by atoms with Crippen LogP contribution in [0.2, 0.25) is 0 Å². The van der Waals surface area contributed by atoms with E-state index in [0.29, 0.717) is 13.0 Å². The van der Waals surface area contributed by atoms with Gasteiger partial charge in [-0.25, -0.2) is 0 Å². The summed E-state index contributed by atoms with van der Waals surface area (Å²) in [6, 6.07) is -0.528. The largest absolute Gasteiger partial charge is 0.344 e. The first-order valence-corrected chi connectivity index (χ1v) is 6.18. The standard InChI is InChI=1S/C14H22N2O2/c1-7-14(5,6)16-9-8-10(17)15-11(12(16)18)13(2,3)4/h1,11H,8-9H2,2-6H3,(H,15,17). The van der Waals surface area contributed by atoms with Crippen molar-refractivity contribution in [2.24, 2.45) is 5.41 Å². The second kappa shape index (κ2) is 4.64. The van der Waals surface area contributed by atoms with E-state index in [4.69, 9.17) is 6.42 Å². The third-order valence-corrected chi connectivity index (χ3v) is 3.27. The molecule has 0 aromatic heterocycles. The maximum Gasteiger partial charge on any atom is 0.246 e. The molecular weight excluding hydrogens is 228 g/mol. The predicted molar refractivity (Wildman–Crippen MR) is 70.6 cm³/mol. The Morgan fingerprint density at radius 3 is 2.28 bits per heavy atom. The van der Waals surface area contributed by atoms with Gasteiger partial charge >= 0.3 is 0 Å². The van der Waals surface area contributed by atoms with Crippen LogP contribution in [0.25, 0.3) is 0 Å². The van der Waals surface area contributed by atoms with E-state index in [0.717, 1.165) is 0 Å². The number of nitrogens with one attached hydrogen (secondary N) is 1. The number of carbonyl (C=O) groups is 2. The van der Waals surface area contributed by atoms with Crippen LogP contribution in [0.15, 0.2) is 0 Å². The number of hydrogen-bond donors (Lipinski definition) is 1. The number of carbonyl (C=O) groups excluding carboxylic acids is 2. The van der Waals surface area contributed by atoms with Crippen LogP contribution in [0.3, 0.4) is 0 Å². The van der Waals surface area contributed by atoms with Crippen LogP contribution in [0.4, 0.5) is 0 Å². The average molecular weight is 250 g/mol. The monoisotopic (exact) mass is 250 g/mol. The Hall–Kier alpha value is -1.50. The minimum Gasteiger partial charge on any atom is -0.344 e. The Bertz CT molecular complexity index is 399. The number of hydrogen-bond acceptors (Lipinski definition) is 2. The van der Waals surface area contributed by atoms with Gasteiger partial charge in [0.05, 0.1) is 5.54 Å². The van der Waals surface area contributed by atoms with Crippen LogP contribution in [-0.4, -0.2) is 34.8 Å². The molecule has 0 saturated carbocycles. The molecule has 4 nitrogen and oxygen atoms in total. The van der Waals surface area contributed by atoms with Gasteiger partial charge in [-0.15, -0.1) is 6.42 Å². The van der Waals surface area contributed by atoms with E-state index in [2.05, 4.69) is 11.2 Å². The van der Waals surface area contributed by atoms with Gasteiger partial charge in [0.1, 0.15) is 6.04 Å². The van der Waals surface area contributed by atoms with Crippen molar-refractivity contribution in [3.63, 3.8) is 0 Å². The summed E-state index contributed by atoms with van der Waals surface area (Å²) >= 11 is 0. The number of rotatable bonds is 1. The van der Waals surface area contributed by atoms with Crippen LogP contribution < -0.4 is 5.32 Å². The number of terminal acetylenes is 1. The van der Waals surface area contributed by atoms with E-state index >= 15 is 0 Å². The average Bonchev–Trinajstić information content (AvgIpc) is 2.38. The highest BCUT2D eigenvalue weighted by atomic mass is 16.2. The third kappa shape index (κ3) is 2.84. The van der Waals surface area contributed by atoms with Crippen molar-refractivity contribution >= 4 is 11.8 Å². The summed E-state index contributed by atoms with van der Waals surface area (Å²) < 4.78 is 0. The summed E-state index contributed by atoms with van der Waals surface area (Å²) in [4.78, 5) is 25.9. The van der Waals surface area contributed by atoms with E-state index < -0.39 is 11.6 Å². The molecule has 1 rings (SSSR count). The van der Waals surface area contributed by atoms with Crippen LogP contribution in [0.5, 0.6) is 0 Å². The van der Waals surface area contributed by atoms with Gasteiger partial charge in [-0.2, -0.15) is 0 Å². The Balaban J connectivity index is 3.13. The van der Waals surface area contributed by atoms with Crippen molar-refractivity contribution in [2.45, 2.75) is 52.6 Å². The fourth-order valence-electron chi connectivity index (χ4n) is 1.99. The van der Waals surface area contributed by atoms with E-state index in [1.165, 1.54) is 0 Å². The van der Waals surface area contributed by atoms with Crippen LogP contribution in [0.1, 0.15) is 41.0 Å². The van der Waals surface area contributed by atoms with Crippen molar-refractivity contribution in [2.75, 3.05) is 6.54 Å². The molecule has 0 spiro atoms. The predicted octanol–water partition coefficient (Wildman–Crippen LogP) is 1.16. The molecule has 2 amide bonds. The fourth-order valence-corrected chi connectivity index (χ4v) is 1.99. The molecule has 0 radical (unpaired) electrons. The Labute approximate surface area is 109 Å². The second-order valence-corrected chi connectivity index (χ2v) is 6.31. The van der Waals surface area contributed by atoms with Gasteiger partial charge in [0.15, 0.2) is 0 Å². The lowest BCUT2D eigenvalue weighted by Gasteiger charge is -2.38. The minimum absolute atomic E-state index is 0.0985. The Kier molecular flexibility index (Phi) is 3.75. The van der Waals surface area contributed by atoms with Gasteiger partial charge in [-0.05, 0) is 19.3 Å². The molecule has 1 aliphatic rings. The summed E-state index contributed by atoms with van der Waals surface area (Å²) in [6.45, 7) is 9.81. The first kappa shape index (κ1) is 14.6. The number of amides is 2. The molecule has 1 fully saturated rings. The van der Waals surface area contributed by atoms with Crippen molar-refractivity contribution in [1.29, 1.82) is 0 Å². The molecule has 1 aliphatic heterocycles. The summed E-state index contributed by atoms with van der Waals surface area (Å²) in [5.74, 6) is 2.42. The van der Waals surface area contributed by atoms with Crippen molar-refractivity contribution < 1.29 is 9.59 Å². The highest BCUT2D eigenvalue weighted by Gasteiger charge is 2.41. The summed E-state index contributed by atoms with van der Waals surface area (Å²) in [5, 5.41) is 2.80. The van der Waals surface area contributed by atoms with E-state index in [9.17, 15) is 9.59 Å². The van der Waals surface area contributed by atoms with Gasteiger partial charge in [0.25, 0.3) is 0 Å². The fraction of sp³-hybridized carbons (Fsp3) is 0.714.